The average molecular weight is 634 g/mol. The Morgan fingerprint density at radius 1 is 0.614 bits per heavy atom. The van der Waals surface area contributed by atoms with Crippen molar-refractivity contribution < 1.29 is 66.7 Å². The Labute approximate surface area is 249 Å². The summed E-state index contributed by atoms with van der Waals surface area (Å²) in [6.45, 7) is 2.15. The summed E-state index contributed by atoms with van der Waals surface area (Å²) in [7, 11) is 0. The molecular formula is C23H35N7O14. The number of para-hydroxylation sites is 1. The number of nitrogens with two attached hydrogens (primary N) is 6. The van der Waals surface area contributed by atoms with E-state index in [1.54, 1.807) is 13.8 Å². The van der Waals surface area contributed by atoms with E-state index in [-0.39, 0.29) is 12.0 Å². The van der Waals surface area contributed by atoms with Gasteiger partial charge in [0.15, 0.2) is 24.4 Å². The van der Waals surface area contributed by atoms with E-state index in [4.69, 9.17) is 48.6 Å². The number of anilines is 1. The smallest absolute Gasteiger partial charge is 0.405 e. The number of primary amides is 6. The minimum atomic E-state index is -2.01. The Balaban J connectivity index is 0.00000109. The van der Waals surface area contributed by atoms with Crippen molar-refractivity contribution in [1.29, 1.82) is 0 Å². The summed E-state index contributed by atoms with van der Waals surface area (Å²) in [6, 6.07) is 9.28. The van der Waals surface area contributed by atoms with Gasteiger partial charge in [-0.1, -0.05) is 18.2 Å². The van der Waals surface area contributed by atoms with Gasteiger partial charge in [-0.15, -0.1) is 0 Å². The molecule has 0 aliphatic rings. The molecule has 21 nitrogen and oxygen atoms in total. The summed E-state index contributed by atoms with van der Waals surface area (Å²) in [5.41, 5.74) is 30.2. The first-order chi connectivity index (χ1) is 20.6. The van der Waals surface area contributed by atoms with Crippen molar-refractivity contribution in [3.8, 4) is 0 Å². The van der Waals surface area contributed by atoms with Crippen molar-refractivity contribution in [3.63, 3.8) is 0 Å². The molecule has 0 saturated heterocycles. The summed E-state index contributed by atoms with van der Waals surface area (Å²) >= 11 is 0. The van der Waals surface area contributed by atoms with E-state index in [1.807, 2.05) is 30.3 Å². The number of carbonyl (C=O) groups excluding carboxylic acids is 7. The maximum atomic E-state index is 11.3. The maximum Gasteiger partial charge on any atom is 0.405 e. The molecule has 44 heavy (non-hydrogen) atoms. The predicted molar refractivity (Wildman–Crippen MR) is 145 cm³/mol. The van der Waals surface area contributed by atoms with E-state index in [0.717, 1.165) is 5.69 Å². The number of amides is 6. The molecule has 0 radical (unpaired) electrons. The molecule has 0 heterocycles. The Morgan fingerprint density at radius 2 is 1.00 bits per heavy atom. The van der Waals surface area contributed by atoms with Crippen LogP contribution in [0.4, 0.5) is 34.5 Å². The minimum absolute atomic E-state index is 0.226. The number of benzene rings is 1. The molecule has 5 unspecified atom stereocenters. The van der Waals surface area contributed by atoms with E-state index < -0.39 is 74.2 Å². The van der Waals surface area contributed by atoms with Gasteiger partial charge in [0.2, 0.25) is 0 Å². The number of rotatable bonds is 15. The van der Waals surface area contributed by atoms with Gasteiger partial charge in [0.05, 0.1) is 6.61 Å². The molecule has 13 N–H and O–H groups in total. The molecule has 21 heteroatoms. The van der Waals surface area contributed by atoms with E-state index in [9.17, 15) is 33.6 Å². The highest BCUT2D eigenvalue weighted by molar-refractivity contribution is 5.78. The molecule has 0 fully saturated rings. The lowest BCUT2D eigenvalue weighted by Crippen LogP contribution is -2.56. The fraction of sp³-hybridized carbons (Fsp3) is 0.435. The number of carbonyl (C=O) groups is 7. The first kappa shape index (κ1) is 38.1. The second-order valence-corrected chi connectivity index (χ2v) is 8.00. The molecule has 0 aliphatic heterocycles. The standard InChI is InChI=1S/C12H20N6O12.C11H15NO2/c13-7(19)25-1-3(27-9(15)21)5(29-11(17)23)6(30-12(18)24)4(28-10(16)22)2-26-8(14)20;1-3-14-11(13)9(2)12-10-7-5-4-6-8-10/h3-6H,1-2H2,(H2,13,19)(H2,14,20)(H2,15,21)(H2,16,22)(H2,17,23)(H2,18,24);4-9,12H,3H2,1-2H3. The van der Waals surface area contributed by atoms with Crippen LogP contribution in [0.2, 0.25) is 0 Å². The fourth-order valence-electron chi connectivity index (χ4n) is 3.11. The van der Waals surface area contributed by atoms with E-state index >= 15 is 0 Å². The van der Waals surface area contributed by atoms with Gasteiger partial charge in [-0.2, -0.15) is 0 Å². The lowest BCUT2D eigenvalue weighted by Gasteiger charge is -2.34. The Hall–Kier alpha value is -5.89. The van der Waals surface area contributed by atoms with Gasteiger partial charge in [-0.3, -0.25) is 0 Å². The SMILES string of the molecule is CCOC(=O)C(C)Nc1ccccc1.NC(=O)OCC(OC(N)=O)C(OC(N)=O)C(OC(N)=O)C(COC(N)=O)OC(N)=O. The lowest BCUT2D eigenvalue weighted by atomic mass is 10.0. The zero-order valence-electron chi connectivity index (χ0n) is 23.6. The molecule has 0 bridgehead atoms. The Morgan fingerprint density at radius 3 is 1.32 bits per heavy atom. The van der Waals surface area contributed by atoms with Crippen molar-refractivity contribution >= 4 is 48.2 Å². The topological polar surface area (TPSA) is 352 Å². The van der Waals surface area contributed by atoms with Crippen LogP contribution in [0, 0.1) is 0 Å². The molecule has 6 amide bonds. The van der Waals surface area contributed by atoms with Gasteiger partial charge in [0, 0.05) is 5.69 Å². The Bertz CT molecular complexity index is 1070. The molecule has 1 rings (SSSR count). The third-order valence-electron chi connectivity index (χ3n) is 4.67. The van der Waals surface area contributed by atoms with Gasteiger partial charge >= 0.3 is 42.5 Å². The molecule has 0 saturated carbocycles. The van der Waals surface area contributed by atoms with Crippen LogP contribution in [0.15, 0.2) is 30.3 Å². The summed E-state index contributed by atoms with van der Waals surface area (Å²) < 4.78 is 32.5. The zero-order valence-corrected chi connectivity index (χ0v) is 23.6. The molecule has 1 aromatic rings. The van der Waals surface area contributed by atoms with Gasteiger partial charge < -0.3 is 72.9 Å². The monoisotopic (exact) mass is 633 g/mol. The van der Waals surface area contributed by atoms with Crippen LogP contribution in [-0.4, -0.2) is 92.8 Å². The summed E-state index contributed by atoms with van der Waals surface area (Å²) in [4.78, 5) is 78.0. The highest BCUT2D eigenvalue weighted by Crippen LogP contribution is 2.20. The minimum Gasteiger partial charge on any atom is -0.464 e. The number of esters is 1. The highest BCUT2D eigenvalue weighted by Gasteiger charge is 2.45. The van der Waals surface area contributed by atoms with E-state index in [1.165, 1.54) is 0 Å². The summed E-state index contributed by atoms with van der Waals surface area (Å²) in [5, 5.41) is 3.05. The number of hydrogen-bond acceptors (Lipinski definition) is 15. The van der Waals surface area contributed by atoms with Crippen molar-refractivity contribution in [2.24, 2.45) is 34.4 Å². The third kappa shape index (κ3) is 17.0. The lowest BCUT2D eigenvalue weighted by molar-refractivity contribution is -0.143. The van der Waals surface area contributed by atoms with Crippen LogP contribution in [0.3, 0.4) is 0 Å². The van der Waals surface area contributed by atoms with Crippen molar-refractivity contribution in [3.05, 3.63) is 30.3 Å². The quantitative estimate of drug-likeness (QED) is 0.0907. The summed E-state index contributed by atoms with van der Waals surface area (Å²) in [6.07, 6.45) is -16.5. The van der Waals surface area contributed by atoms with Crippen LogP contribution in [0.25, 0.3) is 0 Å². The second-order valence-electron chi connectivity index (χ2n) is 8.00. The van der Waals surface area contributed by atoms with E-state index in [0.29, 0.717) is 6.61 Å². The predicted octanol–water partition coefficient (Wildman–Crippen LogP) is -0.917. The third-order valence-corrected chi connectivity index (χ3v) is 4.67. The molecule has 0 aromatic heterocycles. The van der Waals surface area contributed by atoms with E-state index in [2.05, 4.69) is 24.3 Å². The highest BCUT2D eigenvalue weighted by atomic mass is 16.7. The van der Waals surface area contributed by atoms with Crippen LogP contribution >= 0.6 is 0 Å². The van der Waals surface area contributed by atoms with Gasteiger partial charge in [-0.25, -0.2) is 33.6 Å². The average Bonchev–Trinajstić information content (AvgIpc) is 2.91. The molecule has 5 atom stereocenters. The number of hydrogen-bond donors (Lipinski definition) is 7. The molecular weight excluding hydrogens is 598 g/mol. The normalized spacial score (nSPS) is 13.3. The van der Waals surface area contributed by atoms with Gasteiger partial charge in [0.1, 0.15) is 19.3 Å². The van der Waals surface area contributed by atoms with Crippen LogP contribution < -0.4 is 39.7 Å². The largest absolute Gasteiger partial charge is 0.464 e. The van der Waals surface area contributed by atoms with Crippen molar-refractivity contribution in [1.82, 2.24) is 0 Å². The van der Waals surface area contributed by atoms with Crippen molar-refractivity contribution in [2.45, 2.75) is 44.3 Å². The van der Waals surface area contributed by atoms with Crippen molar-refractivity contribution in [2.75, 3.05) is 25.1 Å². The first-order valence-electron chi connectivity index (χ1n) is 12.2. The van der Waals surface area contributed by atoms with Gasteiger partial charge in [0.25, 0.3) is 0 Å². The van der Waals surface area contributed by atoms with Crippen LogP contribution in [-0.2, 0) is 38.0 Å². The first-order valence-corrected chi connectivity index (χ1v) is 12.2. The molecule has 0 aliphatic carbocycles. The number of nitrogens with one attached hydrogen (secondary N) is 1. The second kappa shape index (κ2) is 20.1. The maximum absolute atomic E-state index is 11.3. The van der Waals surface area contributed by atoms with Crippen LogP contribution in [0.5, 0.6) is 0 Å². The molecule has 1 aromatic carbocycles. The molecule has 0 spiro atoms. The fourth-order valence-corrected chi connectivity index (χ4v) is 3.11. The zero-order chi connectivity index (χ0) is 33.8. The van der Waals surface area contributed by atoms with Gasteiger partial charge in [-0.05, 0) is 26.0 Å². The molecule has 246 valence electrons. The Kier molecular flexibility index (Phi) is 17.4. The van der Waals surface area contributed by atoms with Crippen LogP contribution in [0.1, 0.15) is 13.8 Å². The number of ether oxygens (including phenoxy) is 7. The summed E-state index contributed by atoms with van der Waals surface area (Å²) in [5.74, 6) is -0.226.